The van der Waals surface area contributed by atoms with Crippen molar-refractivity contribution in [1.29, 1.82) is 0 Å². The van der Waals surface area contributed by atoms with Crippen LogP contribution in [0, 0.1) is 10.1 Å². The van der Waals surface area contributed by atoms with E-state index in [9.17, 15) is 10.1 Å². The Bertz CT molecular complexity index is 660. The van der Waals surface area contributed by atoms with E-state index in [1.807, 2.05) is 13.8 Å². The first-order chi connectivity index (χ1) is 10.0. The molecule has 0 unspecified atom stereocenters. The number of nitrogens with zero attached hydrogens (tertiary/aromatic N) is 3. The normalized spacial score (nSPS) is 10.5. The monoisotopic (exact) mass is 289 g/mol. The van der Waals surface area contributed by atoms with E-state index >= 15 is 0 Å². The molecule has 1 aromatic heterocycles. The van der Waals surface area contributed by atoms with Gasteiger partial charge in [-0.2, -0.15) is 0 Å². The van der Waals surface area contributed by atoms with Crippen molar-refractivity contribution in [2.45, 2.75) is 19.8 Å². The van der Waals surface area contributed by atoms with Crippen LogP contribution in [0.4, 0.5) is 11.5 Å². The number of hydrogen-bond donors (Lipinski definition) is 2. The number of aromatic nitrogens is 2. The van der Waals surface area contributed by atoms with Gasteiger partial charge in [0.05, 0.1) is 16.6 Å². The van der Waals surface area contributed by atoms with Crippen LogP contribution in [0.2, 0.25) is 0 Å². The number of ether oxygens (including phenoxy) is 1. The maximum absolute atomic E-state index is 10.8. The molecule has 2 rings (SSSR count). The number of nitrogen functional groups attached to an aromatic ring is 1. The lowest BCUT2D eigenvalue weighted by atomic mass is 10.1. The third-order valence-electron chi connectivity index (χ3n) is 2.80. The van der Waals surface area contributed by atoms with Gasteiger partial charge in [0.25, 0.3) is 5.69 Å². The van der Waals surface area contributed by atoms with Gasteiger partial charge in [0.15, 0.2) is 5.82 Å². The van der Waals surface area contributed by atoms with Crippen molar-refractivity contribution in [3.05, 3.63) is 46.3 Å². The van der Waals surface area contributed by atoms with Gasteiger partial charge in [-0.1, -0.05) is 19.9 Å². The summed E-state index contributed by atoms with van der Waals surface area (Å²) in [4.78, 5) is 18.4. The van der Waals surface area contributed by atoms with Crippen molar-refractivity contribution in [2.75, 3.05) is 5.43 Å². The molecule has 0 fully saturated rings. The Balaban J connectivity index is 2.40. The minimum Gasteiger partial charge on any atom is -0.438 e. The summed E-state index contributed by atoms with van der Waals surface area (Å²) in [5.41, 5.74) is 3.14. The van der Waals surface area contributed by atoms with Crippen LogP contribution in [-0.4, -0.2) is 14.9 Å². The lowest BCUT2D eigenvalue weighted by Gasteiger charge is -2.15. The predicted octanol–water partition coefficient (Wildman–Crippen LogP) is 2.59. The van der Waals surface area contributed by atoms with E-state index in [1.54, 1.807) is 12.1 Å². The van der Waals surface area contributed by atoms with Crippen LogP contribution in [0.25, 0.3) is 0 Å². The van der Waals surface area contributed by atoms with Crippen LogP contribution in [-0.2, 0) is 0 Å². The van der Waals surface area contributed by atoms with Gasteiger partial charge in [0.1, 0.15) is 12.1 Å². The zero-order valence-electron chi connectivity index (χ0n) is 11.6. The lowest BCUT2D eigenvalue weighted by Crippen LogP contribution is -2.13. The fraction of sp³-hybridized carbons (Fsp3) is 0.231. The molecule has 8 nitrogen and oxygen atoms in total. The van der Waals surface area contributed by atoms with E-state index in [-0.39, 0.29) is 11.6 Å². The number of nitrogens with two attached hydrogens (primary N) is 1. The van der Waals surface area contributed by atoms with Crippen LogP contribution < -0.4 is 16.0 Å². The molecule has 0 saturated heterocycles. The number of rotatable bonds is 5. The summed E-state index contributed by atoms with van der Waals surface area (Å²) in [7, 11) is 0. The Kier molecular flexibility index (Phi) is 4.29. The summed E-state index contributed by atoms with van der Waals surface area (Å²) in [5, 5.41) is 10.8. The van der Waals surface area contributed by atoms with Gasteiger partial charge in [-0.25, -0.2) is 15.8 Å². The molecule has 1 heterocycles. The molecule has 0 radical (unpaired) electrons. The Morgan fingerprint density at radius 1 is 1.38 bits per heavy atom. The lowest BCUT2D eigenvalue weighted by molar-refractivity contribution is -0.384. The predicted molar refractivity (Wildman–Crippen MR) is 77.1 cm³/mol. The van der Waals surface area contributed by atoms with Crippen LogP contribution in [0.3, 0.4) is 0 Å². The molecule has 0 aliphatic heterocycles. The fourth-order valence-corrected chi connectivity index (χ4v) is 1.87. The summed E-state index contributed by atoms with van der Waals surface area (Å²) in [6, 6.07) is 5.89. The number of nitrogens with one attached hydrogen (secondary N) is 1. The molecule has 2 aromatic rings. The smallest absolute Gasteiger partial charge is 0.273 e. The molecule has 0 atom stereocenters. The van der Waals surface area contributed by atoms with E-state index in [0.717, 1.165) is 0 Å². The molecule has 0 spiro atoms. The zero-order chi connectivity index (χ0) is 15.4. The van der Waals surface area contributed by atoms with E-state index in [2.05, 4.69) is 15.4 Å². The van der Waals surface area contributed by atoms with Crippen molar-refractivity contribution in [3.8, 4) is 11.6 Å². The number of nitro benzene ring substituents is 1. The fourth-order valence-electron chi connectivity index (χ4n) is 1.87. The molecule has 0 bridgehead atoms. The first-order valence-electron chi connectivity index (χ1n) is 6.26. The summed E-state index contributed by atoms with van der Waals surface area (Å²) < 4.78 is 5.65. The molecule has 0 amide bonds. The molecular formula is C13H15N5O3. The number of benzene rings is 1. The molecule has 21 heavy (non-hydrogen) atoms. The molecule has 8 heteroatoms. The minimum absolute atomic E-state index is 0.0511. The summed E-state index contributed by atoms with van der Waals surface area (Å²) in [6.07, 6.45) is 1.31. The van der Waals surface area contributed by atoms with Crippen LogP contribution in [0.1, 0.15) is 25.3 Å². The van der Waals surface area contributed by atoms with Gasteiger partial charge >= 0.3 is 0 Å². The van der Waals surface area contributed by atoms with Crippen molar-refractivity contribution < 1.29 is 9.66 Å². The van der Waals surface area contributed by atoms with Gasteiger partial charge in [-0.15, -0.1) is 0 Å². The van der Waals surface area contributed by atoms with E-state index in [4.69, 9.17) is 10.6 Å². The molecule has 0 aliphatic carbocycles. The number of nitro groups is 1. The average Bonchev–Trinajstić information content (AvgIpc) is 2.46. The van der Waals surface area contributed by atoms with Gasteiger partial charge in [0.2, 0.25) is 5.88 Å². The summed E-state index contributed by atoms with van der Waals surface area (Å²) >= 11 is 0. The van der Waals surface area contributed by atoms with Crippen LogP contribution >= 0.6 is 0 Å². The highest BCUT2D eigenvalue weighted by Gasteiger charge is 2.17. The van der Waals surface area contributed by atoms with Crippen LogP contribution in [0.15, 0.2) is 30.6 Å². The third kappa shape index (κ3) is 3.23. The molecule has 1 aromatic carbocycles. The second-order valence-corrected chi connectivity index (χ2v) is 4.60. The number of hydrazine groups is 1. The van der Waals surface area contributed by atoms with Crippen molar-refractivity contribution in [1.82, 2.24) is 9.97 Å². The quantitative estimate of drug-likeness (QED) is 0.493. The maximum Gasteiger partial charge on any atom is 0.273 e. The Hall–Kier alpha value is -2.74. The van der Waals surface area contributed by atoms with Crippen LogP contribution in [0.5, 0.6) is 11.6 Å². The second-order valence-electron chi connectivity index (χ2n) is 4.60. The number of hydrogen-bond acceptors (Lipinski definition) is 7. The largest absolute Gasteiger partial charge is 0.438 e. The van der Waals surface area contributed by atoms with Gasteiger partial charge < -0.3 is 10.2 Å². The highest BCUT2D eigenvalue weighted by molar-refractivity contribution is 5.51. The Labute approximate surface area is 121 Å². The summed E-state index contributed by atoms with van der Waals surface area (Å²) in [5.74, 6) is 6.59. The SMILES string of the molecule is CC(C)c1c(NN)ncnc1Oc1cccc([N+](=O)[O-])c1. The molecular weight excluding hydrogens is 274 g/mol. The van der Waals surface area contributed by atoms with Gasteiger partial charge in [-0.3, -0.25) is 10.1 Å². The zero-order valence-corrected chi connectivity index (χ0v) is 11.6. The molecule has 3 N–H and O–H groups in total. The highest BCUT2D eigenvalue weighted by Crippen LogP contribution is 2.33. The second kappa shape index (κ2) is 6.14. The average molecular weight is 289 g/mol. The standard InChI is InChI=1S/C13H15N5O3/c1-8(2)11-12(17-14)15-7-16-13(11)21-10-5-3-4-9(6-10)18(19)20/h3-8H,14H2,1-2H3,(H,15,16,17). The highest BCUT2D eigenvalue weighted by atomic mass is 16.6. The number of non-ortho nitro benzene ring substituents is 1. The number of anilines is 1. The Morgan fingerprint density at radius 2 is 2.14 bits per heavy atom. The molecule has 0 saturated carbocycles. The summed E-state index contributed by atoms with van der Waals surface area (Å²) in [6.45, 7) is 3.89. The topological polar surface area (TPSA) is 116 Å². The third-order valence-corrected chi connectivity index (χ3v) is 2.80. The first kappa shape index (κ1) is 14.7. The first-order valence-corrected chi connectivity index (χ1v) is 6.26. The molecule has 0 aliphatic rings. The van der Waals surface area contributed by atoms with E-state index in [0.29, 0.717) is 23.0 Å². The van der Waals surface area contributed by atoms with Crippen molar-refractivity contribution >= 4 is 11.5 Å². The van der Waals surface area contributed by atoms with E-state index < -0.39 is 4.92 Å². The van der Waals surface area contributed by atoms with Crippen molar-refractivity contribution in [2.24, 2.45) is 5.84 Å². The van der Waals surface area contributed by atoms with Gasteiger partial charge in [-0.05, 0) is 12.0 Å². The van der Waals surface area contributed by atoms with E-state index in [1.165, 1.54) is 18.5 Å². The Morgan fingerprint density at radius 3 is 2.76 bits per heavy atom. The minimum atomic E-state index is -0.483. The molecule has 110 valence electrons. The van der Waals surface area contributed by atoms with Crippen molar-refractivity contribution in [3.63, 3.8) is 0 Å². The van der Waals surface area contributed by atoms with Gasteiger partial charge in [0, 0.05) is 6.07 Å². The maximum atomic E-state index is 10.8.